The highest BCUT2D eigenvalue weighted by Crippen LogP contribution is 2.26. The lowest BCUT2D eigenvalue weighted by molar-refractivity contribution is -0.660. The van der Waals surface area contributed by atoms with Crippen LogP contribution in [0.2, 0.25) is 19.6 Å². The Morgan fingerprint density at radius 3 is 2.16 bits per heavy atom. The van der Waals surface area contributed by atoms with Crippen LogP contribution in [0, 0.1) is 12.8 Å². The predicted molar refractivity (Wildman–Crippen MR) is 113 cm³/mol. The third-order valence-electron chi connectivity index (χ3n) is 5.00. The molecule has 0 atom stereocenters. The molecule has 2 rings (SSSR count). The van der Waals surface area contributed by atoms with Gasteiger partial charge in [0.1, 0.15) is 7.05 Å². The van der Waals surface area contributed by atoms with E-state index in [1.54, 1.807) is 5.19 Å². The Kier molecular flexibility index (Phi) is 5.93. The maximum absolute atomic E-state index is 2.50. The molecule has 0 bridgehead atoms. The van der Waals surface area contributed by atoms with Crippen molar-refractivity contribution >= 4 is 13.3 Å². The molecular weight excluding hydrogens is 318 g/mol. The van der Waals surface area contributed by atoms with Crippen molar-refractivity contribution in [1.82, 2.24) is 0 Å². The van der Waals surface area contributed by atoms with Gasteiger partial charge in [0.05, 0.1) is 8.07 Å². The van der Waals surface area contributed by atoms with Crippen LogP contribution in [-0.4, -0.2) is 8.07 Å². The minimum atomic E-state index is -1.40. The molecule has 0 aliphatic heterocycles. The van der Waals surface area contributed by atoms with E-state index in [1.165, 1.54) is 34.4 Å². The van der Waals surface area contributed by atoms with Crippen molar-refractivity contribution in [3.05, 3.63) is 47.2 Å². The van der Waals surface area contributed by atoms with Gasteiger partial charge in [0.25, 0.3) is 0 Å². The summed E-state index contributed by atoms with van der Waals surface area (Å²) in [7, 11) is 0.805. The molecule has 0 saturated carbocycles. The smallest absolute Gasteiger partial charge is 0.201 e. The average Bonchev–Trinajstić information content (AvgIpc) is 2.46. The Balaban J connectivity index is 2.69. The number of rotatable bonds is 5. The van der Waals surface area contributed by atoms with Crippen LogP contribution in [0.25, 0.3) is 11.3 Å². The highest BCUT2D eigenvalue weighted by atomic mass is 28.3. The number of benzene rings is 1. The minimum Gasteiger partial charge on any atom is -0.201 e. The molecule has 0 unspecified atom stereocenters. The normalized spacial score (nSPS) is 12.3. The third kappa shape index (κ3) is 4.61. The van der Waals surface area contributed by atoms with Crippen molar-refractivity contribution in [2.45, 2.75) is 66.6 Å². The number of aryl methyl sites for hydroxylation is 2. The maximum atomic E-state index is 2.50. The molecule has 0 aliphatic carbocycles. The van der Waals surface area contributed by atoms with E-state index in [-0.39, 0.29) is 0 Å². The summed E-state index contributed by atoms with van der Waals surface area (Å²) in [6.45, 7) is 18.8. The first-order chi connectivity index (χ1) is 11.5. The summed E-state index contributed by atoms with van der Waals surface area (Å²) in [6.07, 6.45) is 3.56. The van der Waals surface area contributed by atoms with Crippen molar-refractivity contribution in [3.8, 4) is 11.3 Å². The molecule has 1 heterocycles. The minimum absolute atomic E-state index is 0.557. The molecule has 0 saturated heterocycles. The second-order valence-corrected chi connectivity index (χ2v) is 14.3. The van der Waals surface area contributed by atoms with Crippen molar-refractivity contribution in [2.24, 2.45) is 13.0 Å². The van der Waals surface area contributed by atoms with Gasteiger partial charge in [-0.2, -0.15) is 0 Å². The van der Waals surface area contributed by atoms with Gasteiger partial charge >= 0.3 is 0 Å². The van der Waals surface area contributed by atoms with Gasteiger partial charge in [-0.1, -0.05) is 59.5 Å². The SMILES string of the molecule is Cc1ccc(C(C)C)cc1-c1cc([Si](C)(C)C)c(CC(C)C)c[n+]1C. The molecule has 2 heteroatoms. The van der Waals surface area contributed by atoms with E-state index in [4.69, 9.17) is 0 Å². The van der Waals surface area contributed by atoms with E-state index < -0.39 is 8.07 Å². The zero-order valence-corrected chi connectivity index (χ0v) is 18.7. The van der Waals surface area contributed by atoms with Crippen molar-refractivity contribution in [3.63, 3.8) is 0 Å². The van der Waals surface area contributed by atoms with Gasteiger partial charge < -0.3 is 0 Å². The summed E-state index contributed by atoms with van der Waals surface area (Å²) >= 11 is 0. The third-order valence-corrected chi connectivity index (χ3v) is 7.08. The Hall–Kier alpha value is -1.41. The number of hydrogen-bond donors (Lipinski definition) is 0. The molecule has 0 radical (unpaired) electrons. The van der Waals surface area contributed by atoms with Crippen LogP contribution in [0.1, 0.15) is 50.3 Å². The molecule has 0 fully saturated rings. The average molecular weight is 355 g/mol. The molecule has 0 spiro atoms. The monoisotopic (exact) mass is 354 g/mol. The van der Waals surface area contributed by atoms with E-state index in [9.17, 15) is 0 Å². The molecule has 1 aromatic carbocycles. The quantitative estimate of drug-likeness (QED) is 0.503. The number of pyridine rings is 1. The van der Waals surface area contributed by atoms with Crippen LogP contribution >= 0.6 is 0 Å². The van der Waals surface area contributed by atoms with Crippen molar-refractivity contribution in [1.29, 1.82) is 0 Å². The first-order valence-corrected chi connectivity index (χ1v) is 13.1. The lowest BCUT2D eigenvalue weighted by Crippen LogP contribution is -2.45. The molecule has 0 N–H and O–H groups in total. The fourth-order valence-electron chi connectivity index (χ4n) is 3.55. The fraction of sp³-hybridized carbons (Fsp3) is 0.522. The standard InChI is InChI=1S/C23H36NSi/c1-16(2)12-20-15-24(6)22(14-23(20)25(7,8)9)21-13-19(17(3)4)11-10-18(21)5/h10-11,13-17H,12H2,1-9H3/q+1. The fourth-order valence-corrected chi connectivity index (χ4v) is 5.25. The molecule has 2 aromatic rings. The van der Waals surface area contributed by atoms with E-state index in [0.29, 0.717) is 11.8 Å². The van der Waals surface area contributed by atoms with E-state index in [1.807, 2.05) is 0 Å². The first kappa shape index (κ1) is 19.9. The van der Waals surface area contributed by atoms with Gasteiger partial charge in [0.2, 0.25) is 5.69 Å². The Bertz CT molecular complexity index is 751. The highest BCUT2D eigenvalue weighted by molar-refractivity contribution is 6.89. The molecule has 0 aliphatic rings. The van der Waals surface area contributed by atoms with Gasteiger partial charge in [-0.05, 0) is 47.6 Å². The second-order valence-electron chi connectivity index (χ2n) is 9.29. The summed E-state index contributed by atoms with van der Waals surface area (Å²) in [5, 5.41) is 1.61. The van der Waals surface area contributed by atoms with Gasteiger partial charge in [-0.3, -0.25) is 0 Å². The number of aromatic nitrogens is 1. The van der Waals surface area contributed by atoms with Crippen LogP contribution < -0.4 is 9.75 Å². The van der Waals surface area contributed by atoms with Crippen molar-refractivity contribution in [2.75, 3.05) is 0 Å². The van der Waals surface area contributed by atoms with E-state index >= 15 is 0 Å². The summed E-state index contributed by atoms with van der Waals surface area (Å²) in [4.78, 5) is 0. The summed E-state index contributed by atoms with van der Waals surface area (Å²) in [6, 6.07) is 9.44. The van der Waals surface area contributed by atoms with Crippen molar-refractivity contribution < 1.29 is 4.57 Å². The van der Waals surface area contributed by atoms with Crippen LogP contribution in [-0.2, 0) is 13.5 Å². The predicted octanol–water partition coefficient (Wildman–Crippen LogP) is 5.35. The number of hydrogen-bond acceptors (Lipinski definition) is 0. The molecule has 1 aromatic heterocycles. The second kappa shape index (κ2) is 7.45. The molecular formula is C23H36NSi+. The lowest BCUT2D eigenvalue weighted by atomic mass is 9.95. The van der Waals surface area contributed by atoms with Gasteiger partial charge in [0.15, 0.2) is 6.20 Å². The Labute approximate surface area is 156 Å². The summed E-state index contributed by atoms with van der Waals surface area (Å²) in [5.74, 6) is 1.24. The topological polar surface area (TPSA) is 3.88 Å². The largest absolute Gasteiger partial charge is 0.212 e. The zero-order chi connectivity index (χ0) is 18.9. The molecule has 136 valence electrons. The molecule has 1 nitrogen and oxygen atoms in total. The Morgan fingerprint density at radius 2 is 1.64 bits per heavy atom. The van der Waals surface area contributed by atoms with Gasteiger partial charge in [-0.25, -0.2) is 4.57 Å². The van der Waals surface area contributed by atoms with Crippen LogP contribution in [0.3, 0.4) is 0 Å². The first-order valence-electron chi connectivity index (χ1n) is 9.64. The van der Waals surface area contributed by atoms with Gasteiger partial charge in [-0.15, -0.1) is 0 Å². The van der Waals surface area contributed by atoms with Gasteiger partial charge in [0, 0.05) is 17.2 Å². The molecule has 25 heavy (non-hydrogen) atoms. The van der Waals surface area contributed by atoms with E-state index in [2.05, 4.69) is 96.3 Å². The Morgan fingerprint density at radius 1 is 1.00 bits per heavy atom. The van der Waals surface area contributed by atoms with Crippen LogP contribution in [0.5, 0.6) is 0 Å². The summed E-state index contributed by atoms with van der Waals surface area (Å²) < 4.78 is 2.34. The maximum Gasteiger partial charge on any atom is 0.212 e. The highest BCUT2D eigenvalue weighted by Gasteiger charge is 2.26. The van der Waals surface area contributed by atoms with Crippen LogP contribution in [0.4, 0.5) is 0 Å². The molecule has 0 amide bonds. The summed E-state index contributed by atoms with van der Waals surface area (Å²) in [5.41, 5.74) is 7.05. The van der Waals surface area contributed by atoms with E-state index in [0.717, 1.165) is 0 Å². The zero-order valence-electron chi connectivity index (χ0n) is 17.7. The number of nitrogens with zero attached hydrogens (tertiary/aromatic N) is 1. The van der Waals surface area contributed by atoms with Crippen LogP contribution in [0.15, 0.2) is 30.5 Å². The lowest BCUT2D eigenvalue weighted by Gasteiger charge is -2.22.